The lowest BCUT2D eigenvalue weighted by molar-refractivity contribution is 0.0925. The van der Waals surface area contributed by atoms with Gasteiger partial charge in [0, 0.05) is 24.2 Å². The topological polar surface area (TPSA) is 108 Å². The van der Waals surface area contributed by atoms with Crippen LogP contribution in [-0.2, 0) is 16.4 Å². The molecule has 0 unspecified atom stereocenters. The Balaban J connectivity index is 1.29. The van der Waals surface area contributed by atoms with Crippen LogP contribution in [0.4, 0.5) is 0 Å². The largest absolute Gasteiger partial charge is 0.454 e. The highest BCUT2D eigenvalue weighted by molar-refractivity contribution is 7.91. The number of pyridine rings is 1. The second-order valence-corrected chi connectivity index (χ2v) is 8.82. The van der Waals surface area contributed by atoms with Crippen LogP contribution in [0.1, 0.15) is 16.1 Å². The molecule has 4 aromatic rings. The summed E-state index contributed by atoms with van der Waals surface area (Å²) >= 11 is 0. The van der Waals surface area contributed by atoms with Crippen molar-refractivity contribution in [2.45, 2.75) is 16.3 Å². The van der Waals surface area contributed by atoms with Gasteiger partial charge in [0.05, 0.1) is 16.0 Å². The van der Waals surface area contributed by atoms with Crippen molar-refractivity contribution < 1.29 is 27.1 Å². The van der Waals surface area contributed by atoms with Crippen molar-refractivity contribution in [3.63, 3.8) is 0 Å². The molecule has 1 N–H and O–H groups in total. The first-order valence-corrected chi connectivity index (χ1v) is 10.8. The number of carbonyl (C=O) groups excluding carboxylic acids is 1. The first-order chi connectivity index (χ1) is 15.0. The lowest BCUT2D eigenvalue weighted by atomic mass is 10.2. The van der Waals surface area contributed by atoms with E-state index in [9.17, 15) is 13.2 Å². The van der Waals surface area contributed by atoms with Crippen LogP contribution in [0.25, 0.3) is 11.0 Å². The number of furan rings is 1. The molecule has 0 atom stereocenters. The third-order valence-corrected chi connectivity index (χ3v) is 6.66. The quantitative estimate of drug-likeness (QED) is 0.511. The summed E-state index contributed by atoms with van der Waals surface area (Å²) < 4.78 is 41.8. The predicted octanol–water partition coefficient (Wildman–Crippen LogP) is 3.32. The summed E-state index contributed by atoms with van der Waals surface area (Å²) in [6, 6.07) is 14.2. The van der Waals surface area contributed by atoms with E-state index in [-0.39, 0.29) is 34.8 Å². The highest BCUT2D eigenvalue weighted by Gasteiger charge is 2.22. The number of amides is 1. The van der Waals surface area contributed by atoms with E-state index >= 15 is 0 Å². The summed E-state index contributed by atoms with van der Waals surface area (Å²) in [6.07, 6.45) is 3.17. The summed E-state index contributed by atoms with van der Waals surface area (Å²) in [5, 5.41) is 3.55. The molecule has 9 heteroatoms. The van der Waals surface area contributed by atoms with Gasteiger partial charge in [-0.3, -0.25) is 9.78 Å². The molecular formula is C22H16N2O6S. The Morgan fingerprint density at radius 1 is 0.968 bits per heavy atom. The van der Waals surface area contributed by atoms with Crippen molar-refractivity contribution in [2.24, 2.45) is 0 Å². The molecule has 2 aromatic carbocycles. The summed E-state index contributed by atoms with van der Waals surface area (Å²) in [6.45, 7) is 0.294. The van der Waals surface area contributed by atoms with E-state index in [0.717, 1.165) is 10.9 Å². The Bertz CT molecular complexity index is 1360. The van der Waals surface area contributed by atoms with Gasteiger partial charge in [-0.25, -0.2) is 8.42 Å². The standard InChI is InChI=1S/C22H16N2O6S/c25-22(20-9-15-7-8-23-12-21(15)30-20)24-11-14-1-3-16(4-2-14)31(26,27)17-5-6-18-19(10-17)29-13-28-18/h1-10,12H,11,13H2,(H,24,25). The van der Waals surface area contributed by atoms with E-state index in [2.05, 4.69) is 10.3 Å². The van der Waals surface area contributed by atoms with Gasteiger partial charge in [0.25, 0.3) is 5.91 Å². The van der Waals surface area contributed by atoms with E-state index in [0.29, 0.717) is 17.1 Å². The number of benzene rings is 2. The normalized spacial score (nSPS) is 12.8. The second-order valence-electron chi connectivity index (χ2n) is 6.87. The Labute approximate surface area is 177 Å². The smallest absolute Gasteiger partial charge is 0.287 e. The molecule has 8 nitrogen and oxygen atoms in total. The number of rotatable bonds is 5. The Kier molecular flexibility index (Phi) is 4.59. The second kappa shape index (κ2) is 7.44. The van der Waals surface area contributed by atoms with Gasteiger partial charge >= 0.3 is 0 Å². The third-order valence-electron chi connectivity index (χ3n) is 4.89. The predicted molar refractivity (Wildman–Crippen MR) is 110 cm³/mol. The Morgan fingerprint density at radius 2 is 1.74 bits per heavy atom. The molecule has 0 fully saturated rings. The fourth-order valence-electron chi connectivity index (χ4n) is 3.23. The highest BCUT2D eigenvalue weighted by Crippen LogP contribution is 2.35. The number of carbonyl (C=O) groups is 1. The van der Waals surface area contributed by atoms with Crippen LogP contribution in [0.15, 0.2) is 81.2 Å². The monoisotopic (exact) mass is 436 g/mol. The maximum Gasteiger partial charge on any atom is 0.287 e. The van der Waals surface area contributed by atoms with Gasteiger partial charge < -0.3 is 19.2 Å². The van der Waals surface area contributed by atoms with Crippen molar-refractivity contribution in [3.8, 4) is 11.5 Å². The van der Waals surface area contributed by atoms with Crippen molar-refractivity contribution in [2.75, 3.05) is 6.79 Å². The van der Waals surface area contributed by atoms with Crippen LogP contribution < -0.4 is 14.8 Å². The van der Waals surface area contributed by atoms with Crippen LogP contribution in [0.5, 0.6) is 11.5 Å². The number of aromatic nitrogens is 1. The summed E-state index contributed by atoms with van der Waals surface area (Å²) in [7, 11) is -3.71. The molecule has 0 saturated carbocycles. The van der Waals surface area contributed by atoms with E-state index < -0.39 is 9.84 Å². The van der Waals surface area contributed by atoms with E-state index in [1.807, 2.05) is 0 Å². The van der Waals surface area contributed by atoms with Crippen LogP contribution in [0.3, 0.4) is 0 Å². The number of nitrogens with zero attached hydrogens (tertiary/aromatic N) is 1. The van der Waals surface area contributed by atoms with Crippen molar-refractivity contribution in [1.29, 1.82) is 0 Å². The van der Waals surface area contributed by atoms with Crippen LogP contribution >= 0.6 is 0 Å². The average Bonchev–Trinajstić information content (AvgIpc) is 3.44. The first kappa shape index (κ1) is 19.1. The van der Waals surface area contributed by atoms with Crippen LogP contribution in [0.2, 0.25) is 0 Å². The molecule has 0 spiro atoms. The Morgan fingerprint density at radius 3 is 2.55 bits per heavy atom. The van der Waals surface area contributed by atoms with Crippen molar-refractivity contribution in [3.05, 3.63) is 78.3 Å². The van der Waals surface area contributed by atoms with E-state index in [1.54, 1.807) is 42.7 Å². The molecule has 1 aliphatic rings. The summed E-state index contributed by atoms with van der Waals surface area (Å²) in [5.74, 6) is 0.741. The minimum Gasteiger partial charge on any atom is -0.454 e. The van der Waals surface area contributed by atoms with Gasteiger partial charge in [0.15, 0.2) is 22.8 Å². The maximum atomic E-state index is 12.9. The zero-order valence-corrected chi connectivity index (χ0v) is 16.9. The first-order valence-electron chi connectivity index (χ1n) is 9.36. The molecule has 1 aliphatic heterocycles. The molecule has 0 radical (unpaired) electrons. The fraction of sp³-hybridized carbons (Fsp3) is 0.0909. The zero-order valence-electron chi connectivity index (χ0n) is 16.1. The molecule has 3 heterocycles. The highest BCUT2D eigenvalue weighted by atomic mass is 32.2. The molecule has 2 aromatic heterocycles. The molecule has 156 valence electrons. The molecule has 31 heavy (non-hydrogen) atoms. The van der Waals surface area contributed by atoms with Crippen molar-refractivity contribution in [1.82, 2.24) is 10.3 Å². The molecular weight excluding hydrogens is 420 g/mol. The van der Waals surface area contributed by atoms with Gasteiger partial charge in [-0.05, 0) is 42.0 Å². The average molecular weight is 436 g/mol. The summed E-state index contributed by atoms with van der Waals surface area (Å²) in [4.78, 5) is 16.6. The van der Waals surface area contributed by atoms with E-state index in [4.69, 9.17) is 13.9 Å². The maximum absolute atomic E-state index is 12.9. The van der Waals surface area contributed by atoms with Crippen LogP contribution in [-0.4, -0.2) is 26.1 Å². The van der Waals surface area contributed by atoms with Gasteiger partial charge in [0.2, 0.25) is 16.6 Å². The minimum atomic E-state index is -3.71. The number of fused-ring (bicyclic) bond motifs is 2. The molecule has 0 saturated heterocycles. The lowest BCUT2D eigenvalue weighted by Gasteiger charge is -2.08. The molecule has 0 aliphatic carbocycles. The van der Waals surface area contributed by atoms with Gasteiger partial charge in [0.1, 0.15) is 0 Å². The van der Waals surface area contributed by atoms with Crippen molar-refractivity contribution >= 4 is 26.7 Å². The summed E-state index contributed by atoms with van der Waals surface area (Å²) in [5.41, 5.74) is 1.28. The zero-order chi connectivity index (χ0) is 21.4. The minimum absolute atomic E-state index is 0.0736. The third kappa shape index (κ3) is 3.59. The number of sulfone groups is 1. The van der Waals surface area contributed by atoms with E-state index in [1.165, 1.54) is 24.3 Å². The SMILES string of the molecule is O=C(NCc1ccc(S(=O)(=O)c2ccc3c(c2)OCO3)cc1)c1cc2ccncc2o1. The van der Waals surface area contributed by atoms with Gasteiger partial charge in [-0.15, -0.1) is 0 Å². The van der Waals surface area contributed by atoms with Gasteiger partial charge in [-0.1, -0.05) is 12.1 Å². The lowest BCUT2D eigenvalue weighted by Crippen LogP contribution is -2.22. The van der Waals surface area contributed by atoms with Gasteiger partial charge in [-0.2, -0.15) is 0 Å². The molecule has 0 bridgehead atoms. The number of nitrogens with one attached hydrogen (secondary N) is 1. The fourth-order valence-corrected chi connectivity index (χ4v) is 4.51. The van der Waals surface area contributed by atoms with Crippen LogP contribution in [0, 0.1) is 0 Å². The number of ether oxygens (including phenoxy) is 2. The number of hydrogen-bond donors (Lipinski definition) is 1. The molecule has 1 amide bonds. The Hall–Kier alpha value is -3.85. The molecule has 5 rings (SSSR count). The number of hydrogen-bond acceptors (Lipinski definition) is 7.